The topological polar surface area (TPSA) is 57.5 Å². The van der Waals surface area contributed by atoms with Gasteiger partial charge in [-0.25, -0.2) is 0 Å². The normalized spacial score (nSPS) is 61.6. The maximum Gasteiger partial charge on any atom is 0.306 e. The largest absolute Gasteiger partial charge is 0.481 e. The molecule has 88 valence electrons. The molecule has 0 aromatic carbocycles. The molecule has 4 saturated carbocycles. The molecule has 4 unspecified atom stereocenters. The number of hydrogen-bond acceptors (Lipinski definition) is 2. The summed E-state index contributed by atoms with van der Waals surface area (Å²) in [6.07, 6.45) is 4.09. The number of hydrogen-bond donors (Lipinski definition) is 2. The fraction of sp³-hybridized carbons (Fsp3) is 0.923. The molecule has 3 nitrogen and oxygen atoms in total. The van der Waals surface area contributed by atoms with Crippen LogP contribution in [0.25, 0.3) is 0 Å². The highest BCUT2D eigenvalue weighted by Crippen LogP contribution is 2.68. The lowest BCUT2D eigenvalue weighted by atomic mass is 9.67. The van der Waals surface area contributed by atoms with Gasteiger partial charge in [-0.3, -0.25) is 4.79 Å². The van der Waals surface area contributed by atoms with Gasteiger partial charge in [0.05, 0.1) is 12.0 Å². The first-order valence-corrected chi connectivity index (χ1v) is 6.57. The monoisotopic (exact) mass is 222 g/mol. The average molecular weight is 222 g/mol. The standard InChI is InChI=1S/C13H18O3/c14-10-4-6-3-9(10)12-7-1-5(11(6)12)2-8(7)13(15)16/h5-12,14H,1-4H2,(H,15,16)/t5-,6+,7+,8?,9-,10?,11?,12?/m1/s1. The summed E-state index contributed by atoms with van der Waals surface area (Å²) in [4.78, 5) is 11.2. The maximum atomic E-state index is 11.2. The van der Waals surface area contributed by atoms with Crippen LogP contribution in [0.15, 0.2) is 0 Å². The summed E-state index contributed by atoms with van der Waals surface area (Å²) < 4.78 is 0. The summed E-state index contributed by atoms with van der Waals surface area (Å²) in [5.41, 5.74) is 0. The van der Waals surface area contributed by atoms with Gasteiger partial charge in [0.15, 0.2) is 0 Å². The van der Waals surface area contributed by atoms with Gasteiger partial charge in [-0.2, -0.15) is 0 Å². The van der Waals surface area contributed by atoms with Crippen molar-refractivity contribution in [3.63, 3.8) is 0 Å². The molecular weight excluding hydrogens is 204 g/mol. The van der Waals surface area contributed by atoms with E-state index in [1.54, 1.807) is 0 Å². The van der Waals surface area contributed by atoms with E-state index in [1.165, 1.54) is 6.42 Å². The maximum absolute atomic E-state index is 11.2. The van der Waals surface area contributed by atoms with Crippen LogP contribution in [-0.4, -0.2) is 22.3 Å². The van der Waals surface area contributed by atoms with Gasteiger partial charge in [0.1, 0.15) is 0 Å². The number of carboxylic acid groups (broad SMARTS) is 1. The minimum Gasteiger partial charge on any atom is -0.481 e. The molecule has 4 bridgehead atoms. The van der Waals surface area contributed by atoms with E-state index in [9.17, 15) is 15.0 Å². The Labute approximate surface area is 94.8 Å². The zero-order chi connectivity index (χ0) is 11.0. The third-order valence-corrected chi connectivity index (χ3v) is 6.10. The number of carboxylic acids is 1. The first-order valence-electron chi connectivity index (χ1n) is 6.57. The molecule has 4 aliphatic carbocycles. The minimum absolute atomic E-state index is 0.0993. The molecule has 0 aliphatic heterocycles. The number of fused-ring (bicyclic) bond motifs is 9. The predicted molar refractivity (Wildman–Crippen MR) is 56.5 cm³/mol. The Morgan fingerprint density at radius 1 is 0.938 bits per heavy atom. The van der Waals surface area contributed by atoms with Crippen molar-refractivity contribution in [3.8, 4) is 0 Å². The Morgan fingerprint density at radius 2 is 1.62 bits per heavy atom. The highest BCUT2D eigenvalue weighted by atomic mass is 16.4. The van der Waals surface area contributed by atoms with Crippen molar-refractivity contribution in [1.82, 2.24) is 0 Å². The van der Waals surface area contributed by atoms with E-state index in [1.807, 2.05) is 0 Å². The van der Waals surface area contributed by atoms with Crippen LogP contribution >= 0.6 is 0 Å². The Morgan fingerprint density at radius 3 is 2.38 bits per heavy atom. The van der Waals surface area contributed by atoms with E-state index in [4.69, 9.17) is 0 Å². The lowest BCUT2D eigenvalue weighted by Gasteiger charge is -2.39. The molecule has 4 aliphatic rings. The molecule has 0 heterocycles. The van der Waals surface area contributed by atoms with Crippen LogP contribution < -0.4 is 0 Å². The van der Waals surface area contributed by atoms with Crippen molar-refractivity contribution >= 4 is 5.97 Å². The summed E-state index contributed by atoms with van der Waals surface area (Å²) in [6, 6.07) is 0. The third-order valence-electron chi connectivity index (χ3n) is 6.10. The lowest BCUT2D eigenvalue weighted by molar-refractivity contribution is -0.145. The zero-order valence-corrected chi connectivity index (χ0v) is 9.25. The van der Waals surface area contributed by atoms with Gasteiger partial charge in [-0.1, -0.05) is 0 Å². The van der Waals surface area contributed by atoms with Crippen LogP contribution in [0, 0.1) is 41.4 Å². The molecule has 0 amide bonds. The molecule has 0 aromatic rings. The minimum atomic E-state index is -0.594. The fourth-order valence-electron chi connectivity index (χ4n) is 5.85. The molecule has 0 radical (unpaired) electrons. The zero-order valence-electron chi connectivity index (χ0n) is 9.25. The van der Waals surface area contributed by atoms with Gasteiger partial charge < -0.3 is 10.2 Å². The van der Waals surface area contributed by atoms with Gasteiger partial charge in [-0.05, 0) is 61.2 Å². The van der Waals surface area contributed by atoms with Gasteiger partial charge in [0.2, 0.25) is 0 Å². The van der Waals surface area contributed by atoms with Crippen LogP contribution in [0.5, 0.6) is 0 Å². The second-order valence-electron chi connectivity index (χ2n) is 6.46. The molecule has 4 fully saturated rings. The van der Waals surface area contributed by atoms with E-state index >= 15 is 0 Å². The van der Waals surface area contributed by atoms with Gasteiger partial charge in [0.25, 0.3) is 0 Å². The van der Waals surface area contributed by atoms with Gasteiger partial charge in [0, 0.05) is 0 Å². The lowest BCUT2D eigenvalue weighted by Crippen LogP contribution is -2.39. The van der Waals surface area contributed by atoms with Crippen LogP contribution in [-0.2, 0) is 4.79 Å². The van der Waals surface area contributed by atoms with Crippen LogP contribution in [0.4, 0.5) is 0 Å². The average Bonchev–Trinajstić information content (AvgIpc) is 2.91. The van der Waals surface area contributed by atoms with Gasteiger partial charge >= 0.3 is 5.97 Å². The van der Waals surface area contributed by atoms with E-state index in [0.717, 1.165) is 31.1 Å². The Kier molecular flexibility index (Phi) is 1.66. The Balaban J connectivity index is 1.68. The second kappa shape index (κ2) is 2.81. The van der Waals surface area contributed by atoms with Crippen molar-refractivity contribution < 1.29 is 15.0 Å². The summed E-state index contributed by atoms with van der Waals surface area (Å²) in [5, 5.41) is 19.2. The van der Waals surface area contributed by atoms with E-state index in [0.29, 0.717) is 23.7 Å². The van der Waals surface area contributed by atoms with Crippen molar-refractivity contribution in [2.75, 3.05) is 0 Å². The molecular formula is C13H18O3. The third kappa shape index (κ3) is 0.922. The smallest absolute Gasteiger partial charge is 0.306 e. The Hall–Kier alpha value is -0.570. The van der Waals surface area contributed by atoms with E-state index in [-0.39, 0.29) is 12.0 Å². The highest BCUT2D eigenvalue weighted by molar-refractivity contribution is 5.71. The molecule has 3 heteroatoms. The number of carbonyl (C=O) groups is 1. The predicted octanol–water partition coefficient (Wildman–Crippen LogP) is 1.36. The Bertz CT molecular complexity index is 353. The van der Waals surface area contributed by atoms with E-state index < -0.39 is 5.97 Å². The molecule has 0 spiro atoms. The van der Waals surface area contributed by atoms with Crippen molar-refractivity contribution in [3.05, 3.63) is 0 Å². The quantitative estimate of drug-likeness (QED) is 0.659. The molecule has 8 atom stereocenters. The van der Waals surface area contributed by atoms with Crippen LogP contribution in [0.2, 0.25) is 0 Å². The van der Waals surface area contributed by atoms with Crippen molar-refractivity contribution in [2.24, 2.45) is 41.4 Å². The SMILES string of the molecule is O=C(O)C1C[C@H]2C[C@@H]1C1C2[C@@H]2CC(O)[C@H]1C2. The van der Waals surface area contributed by atoms with Crippen molar-refractivity contribution in [1.29, 1.82) is 0 Å². The summed E-state index contributed by atoms with van der Waals surface area (Å²) in [6.45, 7) is 0. The fourth-order valence-corrected chi connectivity index (χ4v) is 5.85. The first-order chi connectivity index (χ1) is 7.66. The summed E-state index contributed by atoms with van der Waals surface area (Å²) in [7, 11) is 0. The number of aliphatic hydroxyl groups excluding tert-OH is 1. The van der Waals surface area contributed by atoms with Crippen molar-refractivity contribution in [2.45, 2.75) is 31.8 Å². The number of rotatable bonds is 1. The molecule has 0 saturated heterocycles. The number of aliphatic hydroxyl groups is 1. The van der Waals surface area contributed by atoms with E-state index in [2.05, 4.69) is 0 Å². The summed E-state index contributed by atoms with van der Waals surface area (Å²) >= 11 is 0. The number of aliphatic carboxylic acids is 1. The molecule has 0 aromatic heterocycles. The molecule has 4 rings (SSSR count). The summed E-state index contributed by atoms with van der Waals surface area (Å²) in [5.74, 6) is 2.83. The highest BCUT2D eigenvalue weighted by Gasteiger charge is 2.65. The van der Waals surface area contributed by atoms with Crippen LogP contribution in [0.1, 0.15) is 25.7 Å². The first kappa shape index (κ1) is 9.46. The molecule has 16 heavy (non-hydrogen) atoms. The van der Waals surface area contributed by atoms with Gasteiger partial charge in [-0.15, -0.1) is 0 Å². The second-order valence-corrected chi connectivity index (χ2v) is 6.46. The van der Waals surface area contributed by atoms with Crippen LogP contribution in [0.3, 0.4) is 0 Å². The molecule has 2 N–H and O–H groups in total.